The molecule has 0 aliphatic carbocycles. The van der Waals surface area contributed by atoms with Crippen LogP contribution in [0.25, 0.3) is 10.2 Å². The highest BCUT2D eigenvalue weighted by Gasteiger charge is 2.24. The summed E-state index contributed by atoms with van der Waals surface area (Å²) in [5.74, 6) is -0.00853. The number of hydrogen-bond acceptors (Lipinski definition) is 6. The summed E-state index contributed by atoms with van der Waals surface area (Å²) in [5.41, 5.74) is 0.179. The molecule has 0 radical (unpaired) electrons. The first-order chi connectivity index (χ1) is 14.5. The van der Waals surface area contributed by atoms with Crippen molar-refractivity contribution in [1.82, 2.24) is 9.88 Å². The average Bonchev–Trinajstić information content (AvgIpc) is 3.18. The number of rotatable bonds is 6. The van der Waals surface area contributed by atoms with Crippen LogP contribution in [0.3, 0.4) is 0 Å². The number of thiazole rings is 1. The molecule has 0 N–H and O–H groups in total. The van der Waals surface area contributed by atoms with Crippen LogP contribution in [0.4, 0.5) is 13.9 Å². The molecule has 30 heavy (non-hydrogen) atoms. The molecule has 1 aliphatic rings. The molecule has 6 nitrogen and oxygen atoms in total. The third-order valence-electron chi connectivity index (χ3n) is 4.80. The van der Waals surface area contributed by atoms with E-state index in [4.69, 9.17) is 9.47 Å². The fourth-order valence-electron chi connectivity index (χ4n) is 3.26. The van der Waals surface area contributed by atoms with Gasteiger partial charge in [0.1, 0.15) is 22.8 Å². The number of piperazine rings is 1. The Morgan fingerprint density at radius 1 is 1.07 bits per heavy atom. The van der Waals surface area contributed by atoms with Crippen molar-refractivity contribution in [1.29, 1.82) is 0 Å². The number of carbonyl (C=O) groups is 1. The Bertz CT molecular complexity index is 1030. The van der Waals surface area contributed by atoms with Gasteiger partial charge in [-0.3, -0.25) is 4.79 Å². The van der Waals surface area contributed by atoms with Crippen molar-refractivity contribution in [2.75, 3.05) is 44.3 Å². The van der Waals surface area contributed by atoms with E-state index in [1.807, 2.05) is 11.8 Å². The van der Waals surface area contributed by atoms with Crippen LogP contribution in [0.2, 0.25) is 0 Å². The summed E-state index contributed by atoms with van der Waals surface area (Å²) >= 11 is 1.25. The van der Waals surface area contributed by atoms with Crippen LogP contribution >= 0.6 is 11.3 Å². The van der Waals surface area contributed by atoms with Crippen molar-refractivity contribution in [3.05, 3.63) is 48.0 Å². The molecule has 4 rings (SSSR count). The molecule has 1 aromatic heterocycles. The highest BCUT2D eigenvalue weighted by atomic mass is 32.1. The van der Waals surface area contributed by atoms with E-state index < -0.39 is 11.6 Å². The molecule has 1 fully saturated rings. The molecule has 158 valence electrons. The molecule has 2 aromatic carbocycles. The SMILES string of the molecule is CCOc1ccc(OCC(=O)N2CCN(c3nc4c(F)cc(F)cc4s3)CC2)cc1. The van der Waals surface area contributed by atoms with Gasteiger partial charge in [-0.2, -0.15) is 0 Å². The Morgan fingerprint density at radius 2 is 1.73 bits per heavy atom. The largest absolute Gasteiger partial charge is 0.494 e. The fourth-order valence-corrected chi connectivity index (χ4v) is 4.32. The van der Waals surface area contributed by atoms with Crippen molar-refractivity contribution in [3.63, 3.8) is 0 Å². The zero-order valence-corrected chi connectivity index (χ0v) is 17.3. The topological polar surface area (TPSA) is 54.9 Å². The molecule has 1 aliphatic heterocycles. The number of ether oxygens (including phenoxy) is 2. The second kappa shape index (κ2) is 8.83. The lowest BCUT2D eigenvalue weighted by molar-refractivity contribution is -0.133. The van der Waals surface area contributed by atoms with Crippen LogP contribution in [0.5, 0.6) is 11.5 Å². The van der Waals surface area contributed by atoms with E-state index in [0.717, 1.165) is 11.8 Å². The van der Waals surface area contributed by atoms with E-state index in [1.54, 1.807) is 29.2 Å². The third kappa shape index (κ3) is 4.46. The second-order valence-electron chi connectivity index (χ2n) is 6.79. The predicted molar refractivity (Wildman–Crippen MR) is 111 cm³/mol. The molecule has 3 aromatic rings. The van der Waals surface area contributed by atoms with Gasteiger partial charge in [-0.25, -0.2) is 13.8 Å². The molecule has 1 saturated heterocycles. The molecule has 0 saturated carbocycles. The summed E-state index contributed by atoms with van der Waals surface area (Å²) in [5, 5.41) is 0.632. The van der Waals surface area contributed by atoms with Crippen LogP contribution in [0.15, 0.2) is 36.4 Å². The first-order valence-electron chi connectivity index (χ1n) is 9.67. The quantitative estimate of drug-likeness (QED) is 0.593. The highest BCUT2D eigenvalue weighted by Crippen LogP contribution is 2.31. The first kappa shape index (κ1) is 20.3. The lowest BCUT2D eigenvalue weighted by atomic mass is 10.3. The molecule has 0 bridgehead atoms. The summed E-state index contributed by atoms with van der Waals surface area (Å²) in [7, 11) is 0. The lowest BCUT2D eigenvalue weighted by Crippen LogP contribution is -2.50. The third-order valence-corrected chi connectivity index (χ3v) is 5.87. The van der Waals surface area contributed by atoms with Gasteiger partial charge in [0, 0.05) is 32.2 Å². The van der Waals surface area contributed by atoms with E-state index in [9.17, 15) is 13.6 Å². The van der Waals surface area contributed by atoms with Gasteiger partial charge in [0.15, 0.2) is 17.6 Å². The van der Waals surface area contributed by atoms with Crippen molar-refractivity contribution in [2.24, 2.45) is 0 Å². The van der Waals surface area contributed by atoms with Gasteiger partial charge in [0.2, 0.25) is 0 Å². The summed E-state index contributed by atoms with van der Waals surface area (Å²) in [6, 6.07) is 9.27. The molecule has 0 unspecified atom stereocenters. The van der Waals surface area contributed by atoms with Crippen molar-refractivity contribution in [2.45, 2.75) is 6.92 Å². The maximum Gasteiger partial charge on any atom is 0.260 e. The zero-order chi connectivity index (χ0) is 21.1. The van der Waals surface area contributed by atoms with Gasteiger partial charge in [-0.1, -0.05) is 11.3 Å². The Morgan fingerprint density at radius 3 is 2.40 bits per heavy atom. The molecule has 9 heteroatoms. The Kier molecular flexibility index (Phi) is 5.98. The number of halogens is 2. The molecular formula is C21H21F2N3O3S. The average molecular weight is 433 g/mol. The van der Waals surface area contributed by atoms with Crippen LogP contribution < -0.4 is 14.4 Å². The van der Waals surface area contributed by atoms with Crippen LogP contribution in [0, 0.1) is 11.6 Å². The van der Waals surface area contributed by atoms with E-state index in [-0.39, 0.29) is 18.0 Å². The minimum absolute atomic E-state index is 0.0421. The predicted octanol–water partition coefficient (Wildman–Crippen LogP) is 3.70. The lowest BCUT2D eigenvalue weighted by Gasteiger charge is -2.34. The highest BCUT2D eigenvalue weighted by molar-refractivity contribution is 7.22. The van der Waals surface area contributed by atoms with Gasteiger partial charge in [0.25, 0.3) is 5.91 Å². The van der Waals surface area contributed by atoms with Gasteiger partial charge in [-0.15, -0.1) is 0 Å². The normalized spacial score (nSPS) is 14.2. The fraction of sp³-hybridized carbons (Fsp3) is 0.333. The minimum Gasteiger partial charge on any atom is -0.494 e. The van der Waals surface area contributed by atoms with E-state index in [2.05, 4.69) is 4.98 Å². The zero-order valence-electron chi connectivity index (χ0n) is 16.4. The van der Waals surface area contributed by atoms with Crippen molar-refractivity contribution >= 4 is 32.6 Å². The number of carbonyl (C=O) groups excluding carboxylic acids is 1. The smallest absolute Gasteiger partial charge is 0.260 e. The number of aromatic nitrogens is 1. The number of fused-ring (bicyclic) bond motifs is 1. The van der Waals surface area contributed by atoms with Crippen molar-refractivity contribution < 1.29 is 23.0 Å². The summed E-state index contributed by atoms with van der Waals surface area (Å²) in [4.78, 5) is 20.5. The van der Waals surface area contributed by atoms with E-state index in [1.165, 1.54) is 17.4 Å². The van der Waals surface area contributed by atoms with Crippen molar-refractivity contribution in [3.8, 4) is 11.5 Å². The number of hydrogen-bond donors (Lipinski definition) is 0. The van der Waals surface area contributed by atoms with Gasteiger partial charge in [0.05, 0.1) is 11.3 Å². The molecule has 1 amide bonds. The maximum atomic E-state index is 13.9. The maximum absolute atomic E-state index is 13.9. The standard InChI is InChI=1S/C21H21F2N3O3S/c1-2-28-15-3-5-16(6-4-15)29-13-19(27)25-7-9-26(10-8-25)21-24-20-17(23)11-14(22)12-18(20)30-21/h3-6,11-12H,2,7-10,13H2,1H3. The van der Waals surface area contributed by atoms with Crippen LogP contribution in [-0.2, 0) is 4.79 Å². The number of benzene rings is 2. The number of anilines is 1. The van der Waals surface area contributed by atoms with Crippen LogP contribution in [0.1, 0.15) is 6.92 Å². The number of amides is 1. The Hall–Kier alpha value is -2.94. The summed E-state index contributed by atoms with van der Waals surface area (Å²) in [6.07, 6.45) is 0. The summed E-state index contributed by atoms with van der Waals surface area (Å²) in [6.45, 7) is 4.62. The van der Waals surface area contributed by atoms with Gasteiger partial charge < -0.3 is 19.3 Å². The molecule has 0 atom stereocenters. The monoisotopic (exact) mass is 433 g/mol. The second-order valence-corrected chi connectivity index (χ2v) is 7.80. The Balaban J connectivity index is 1.30. The summed E-state index contributed by atoms with van der Waals surface area (Å²) < 4.78 is 38.7. The van der Waals surface area contributed by atoms with Crippen LogP contribution in [-0.4, -0.2) is 55.2 Å². The molecule has 0 spiro atoms. The molecule has 2 heterocycles. The van der Waals surface area contributed by atoms with E-state index in [0.29, 0.717) is 48.4 Å². The van der Waals surface area contributed by atoms with Gasteiger partial charge >= 0.3 is 0 Å². The minimum atomic E-state index is -0.659. The van der Waals surface area contributed by atoms with E-state index >= 15 is 0 Å². The Labute approximate surface area is 176 Å². The van der Waals surface area contributed by atoms with Gasteiger partial charge in [-0.05, 0) is 37.3 Å². The first-order valence-corrected chi connectivity index (χ1v) is 10.5. The molecular weight excluding hydrogens is 412 g/mol. The number of nitrogens with zero attached hydrogens (tertiary/aromatic N) is 3.